The van der Waals surface area contributed by atoms with E-state index in [1.54, 1.807) is 24.3 Å². The monoisotopic (exact) mass is 406 g/mol. The first-order valence-electron chi connectivity index (χ1n) is 10.5. The van der Waals surface area contributed by atoms with Crippen LogP contribution in [-0.2, 0) is 5.41 Å². The van der Waals surface area contributed by atoms with Crippen molar-refractivity contribution < 1.29 is 24.2 Å². The van der Waals surface area contributed by atoms with Gasteiger partial charge in [-0.15, -0.1) is 0 Å². The summed E-state index contributed by atoms with van der Waals surface area (Å²) in [5.41, 5.74) is 1.53. The van der Waals surface area contributed by atoms with Crippen molar-refractivity contribution in [1.82, 2.24) is 0 Å². The van der Waals surface area contributed by atoms with Crippen LogP contribution in [0.4, 0.5) is 0 Å². The third-order valence-electron chi connectivity index (χ3n) is 8.36. The maximum absolute atomic E-state index is 12.9. The second-order valence-electron chi connectivity index (χ2n) is 9.56. The minimum absolute atomic E-state index is 0.0471. The number of aromatic carboxylic acids is 1. The van der Waals surface area contributed by atoms with Crippen molar-refractivity contribution in [1.29, 1.82) is 0 Å². The van der Waals surface area contributed by atoms with Gasteiger partial charge in [-0.05, 0) is 67.9 Å². The Hall–Kier alpha value is -2.82. The molecule has 4 atom stereocenters. The van der Waals surface area contributed by atoms with Gasteiger partial charge in [0, 0.05) is 16.5 Å². The first kappa shape index (κ1) is 19.2. The second kappa shape index (κ2) is 6.10. The lowest BCUT2D eigenvalue weighted by molar-refractivity contribution is -0.0260. The van der Waals surface area contributed by atoms with Gasteiger partial charge in [0.25, 0.3) is 0 Å². The number of hydrogen-bond acceptors (Lipinski definition) is 4. The second-order valence-corrected chi connectivity index (χ2v) is 9.56. The lowest BCUT2D eigenvalue weighted by Gasteiger charge is -2.48. The van der Waals surface area contributed by atoms with E-state index in [2.05, 4.69) is 20.8 Å². The Kier molecular flexibility index (Phi) is 3.89. The molecule has 0 spiro atoms. The summed E-state index contributed by atoms with van der Waals surface area (Å²) in [5.74, 6) is 0.359. The number of benzene rings is 2. The standard InChI is InChI=1S/C25H26O5/c1-23-11-10-16(13-23)25(3)24(23,2)18-12-15(8-9-21(18)30-25)19(26)14-29-20-7-5-4-6-17(20)22(27)28/h4-9,12,16H,10-11,13-14H2,1-3H3,(H,27,28). The number of para-hydroxylation sites is 1. The molecule has 5 heteroatoms. The molecule has 0 amide bonds. The molecule has 2 aliphatic carbocycles. The zero-order valence-corrected chi connectivity index (χ0v) is 17.5. The Morgan fingerprint density at radius 1 is 1.17 bits per heavy atom. The first-order valence-corrected chi connectivity index (χ1v) is 10.5. The van der Waals surface area contributed by atoms with Crippen LogP contribution in [-0.4, -0.2) is 29.1 Å². The van der Waals surface area contributed by atoms with Gasteiger partial charge >= 0.3 is 5.97 Å². The molecule has 2 saturated carbocycles. The molecule has 2 bridgehead atoms. The smallest absolute Gasteiger partial charge is 0.339 e. The van der Waals surface area contributed by atoms with E-state index in [9.17, 15) is 14.7 Å². The van der Waals surface area contributed by atoms with Crippen LogP contribution in [0.3, 0.4) is 0 Å². The van der Waals surface area contributed by atoms with Crippen LogP contribution in [0.5, 0.6) is 11.5 Å². The zero-order chi connectivity index (χ0) is 21.3. The van der Waals surface area contributed by atoms with Crippen LogP contribution in [0, 0.1) is 11.3 Å². The molecule has 0 radical (unpaired) electrons. The van der Waals surface area contributed by atoms with Gasteiger partial charge in [-0.2, -0.15) is 0 Å². The highest BCUT2D eigenvalue weighted by Gasteiger charge is 2.73. The summed E-state index contributed by atoms with van der Waals surface area (Å²) in [6.07, 6.45) is 3.53. The highest BCUT2D eigenvalue weighted by molar-refractivity contribution is 5.98. The number of carboxylic acid groups (broad SMARTS) is 1. The molecule has 3 aliphatic rings. The fourth-order valence-electron chi connectivity index (χ4n) is 6.36. The summed E-state index contributed by atoms with van der Waals surface area (Å²) in [6.45, 7) is 6.68. The number of fused-ring (bicyclic) bond motifs is 7. The highest BCUT2D eigenvalue weighted by atomic mass is 16.5. The van der Waals surface area contributed by atoms with Crippen molar-refractivity contribution in [3.05, 3.63) is 59.2 Å². The Morgan fingerprint density at radius 3 is 2.70 bits per heavy atom. The molecule has 2 fully saturated rings. The van der Waals surface area contributed by atoms with E-state index in [1.165, 1.54) is 18.9 Å². The van der Waals surface area contributed by atoms with Gasteiger partial charge in [0.2, 0.25) is 0 Å². The Balaban J connectivity index is 1.43. The molecule has 156 valence electrons. The van der Waals surface area contributed by atoms with Gasteiger partial charge in [0.15, 0.2) is 12.4 Å². The van der Waals surface area contributed by atoms with E-state index in [1.807, 2.05) is 12.1 Å². The average Bonchev–Trinajstić information content (AvgIpc) is 3.29. The van der Waals surface area contributed by atoms with Gasteiger partial charge in [0.1, 0.15) is 22.7 Å². The van der Waals surface area contributed by atoms with Gasteiger partial charge in [0.05, 0.1) is 0 Å². The summed E-state index contributed by atoms with van der Waals surface area (Å²) in [5, 5.41) is 9.29. The molecule has 0 aromatic heterocycles. The molecule has 5 rings (SSSR count). The van der Waals surface area contributed by atoms with E-state index in [-0.39, 0.29) is 40.1 Å². The normalized spacial score (nSPS) is 33.0. The molecule has 2 aromatic rings. The van der Waals surface area contributed by atoms with Crippen LogP contribution in [0.1, 0.15) is 66.3 Å². The van der Waals surface area contributed by atoms with Gasteiger partial charge in [-0.3, -0.25) is 4.79 Å². The van der Waals surface area contributed by atoms with Crippen LogP contribution in [0.15, 0.2) is 42.5 Å². The number of Topliss-reactive ketones (excluding diaryl/α,β-unsaturated/α-hetero) is 1. The van der Waals surface area contributed by atoms with Gasteiger partial charge in [-0.1, -0.05) is 26.0 Å². The summed E-state index contributed by atoms with van der Waals surface area (Å²) in [6, 6.07) is 12.0. The molecule has 4 unspecified atom stereocenters. The number of carbonyl (C=O) groups is 2. The van der Waals surface area contributed by atoms with Crippen molar-refractivity contribution in [2.75, 3.05) is 6.61 Å². The molecule has 1 N–H and O–H groups in total. The van der Waals surface area contributed by atoms with E-state index in [0.717, 1.165) is 17.7 Å². The number of carbonyl (C=O) groups excluding carboxylic acids is 1. The molecule has 1 aliphatic heterocycles. The van der Waals surface area contributed by atoms with Crippen LogP contribution in [0.25, 0.3) is 0 Å². The minimum atomic E-state index is -1.08. The quantitative estimate of drug-likeness (QED) is 0.717. The van der Waals surface area contributed by atoms with Crippen molar-refractivity contribution in [2.24, 2.45) is 11.3 Å². The third-order valence-corrected chi connectivity index (χ3v) is 8.36. The van der Waals surface area contributed by atoms with Gasteiger partial charge in [-0.25, -0.2) is 4.79 Å². The number of carboxylic acids is 1. The maximum atomic E-state index is 12.9. The fourth-order valence-corrected chi connectivity index (χ4v) is 6.36. The van der Waals surface area contributed by atoms with Gasteiger partial charge < -0.3 is 14.6 Å². The zero-order valence-electron chi connectivity index (χ0n) is 17.5. The third kappa shape index (κ3) is 2.29. The van der Waals surface area contributed by atoms with Crippen LogP contribution >= 0.6 is 0 Å². The molecule has 2 aromatic carbocycles. The number of ether oxygens (including phenoxy) is 2. The average molecular weight is 406 g/mol. The van der Waals surface area contributed by atoms with Crippen molar-refractivity contribution in [3.63, 3.8) is 0 Å². The van der Waals surface area contributed by atoms with Crippen LogP contribution in [0.2, 0.25) is 0 Å². The molecule has 1 heterocycles. The van der Waals surface area contributed by atoms with Crippen molar-refractivity contribution in [2.45, 2.75) is 51.0 Å². The van der Waals surface area contributed by atoms with E-state index in [4.69, 9.17) is 9.47 Å². The predicted molar refractivity (Wildman–Crippen MR) is 112 cm³/mol. The first-order chi connectivity index (χ1) is 14.2. The summed E-state index contributed by atoms with van der Waals surface area (Å²) >= 11 is 0. The van der Waals surface area contributed by atoms with E-state index < -0.39 is 5.97 Å². The summed E-state index contributed by atoms with van der Waals surface area (Å²) in [4.78, 5) is 24.3. The Labute approximate surface area is 176 Å². The fraction of sp³-hybridized carbons (Fsp3) is 0.440. The Morgan fingerprint density at radius 2 is 1.93 bits per heavy atom. The SMILES string of the molecule is CC12CCC(C1)C1(C)Oc3ccc(C(=O)COc4ccccc4C(=O)O)cc3C21C. The molecular weight excluding hydrogens is 380 g/mol. The lowest BCUT2D eigenvalue weighted by Crippen LogP contribution is -2.54. The largest absolute Gasteiger partial charge is 0.486 e. The summed E-state index contributed by atoms with van der Waals surface area (Å²) in [7, 11) is 0. The summed E-state index contributed by atoms with van der Waals surface area (Å²) < 4.78 is 12.1. The predicted octanol–water partition coefficient (Wildman–Crippen LogP) is 4.88. The molecule has 5 nitrogen and oxygen atoms in total. The van der Waals surface area contributed by atoms with E-state index in [0.29, 0.717) is 11.5 Å². The highest BCUT2D eigenvalue weighted by Crippen LogP contribution is 2.73. The molecule has 30 heavy (non-hydrogen) atoms. The van der Waals surface area contributed by atoms with E-state index >= 15 is 0 Å². The van der Waals surface area contributed by atoms with Crippen molar-refractivity contribution in [3.8, 4) is 11.5 Å². The number of ketones is 1. The Bertz CT molecular complexity index is 1070. The number of rotatable bonds is 5. The number of hydrogen-bond donors (Lipinski definition) is 1. The maximum Gasteiger partial charge on any atom is 0.339 e. The molecule has 0 saturated heterocycles. The lowest BCUT2D eigenvalue weighted by atomic mass is 9.56. The minimum Gasteiger partial charge on any atom is -0.486 e. The topological polar surface area (TPSA) is 72.8 Å². The molecular formula is C25H26O5. The van der Waals surface area contributed by atoms with Crippen LogP contribution < -0.4 is 9.47 Å². The van der Waals surface area contributed by atoms with Crippen molar-refractivity contribution >= 4 is 11.8 Å².